The summed E-state index contributed by atoms with van der Waals surface area (Å²) in [5.74, 6) is -9.93. The van der Waals surface area contributed by atoms with Gasteiger partial charge < -0.3 is 74.5 Å². The van der Waals surface area contributed by atoms with Crippen LogP contribution in [0.25, 0.3) is 0 Å². The molecule has 0 spiro atoms. The van der Waals surface area contributed by atoms with Crippen molar-refractivity contribution >= 4 is 53.5 Å². The second-order valence-electron chi connectivity index (χ2n) is 17.6. The molecule has 2 aliphatic carbocycles. The van der Waals surface area contributed by atoms with Gasteiger partial charge in [0.05, 0.1) is 37.4 Å². The van der Waals surface area contributed by atoms with Gasteiger partial charge >= 0.3 is 5.97 Å². The Kier molecular flexibility index (Phi) is 16.2. The summed E-state index contributed by atoms with van der Waals surface area (Å²) in [5, 5.41) is 49.3. The number of hydrogen-bond acceptors (Lipinski definition) is 15. The molecule has 23 nitrogen and oxygen atoms in total. The Labute approximate surface area is 401 Å². The fraction of sp³-hybridized carbons (Fsp3) is 0.426. The van der Waals surface area contributed by atoms with E-state index in [4.69, 9.17) is 21.9 Å². The fourth-order valence-corrected chi connectivity index (χ4v) is 9.25. The molecule has 1 unspecified atom stereocenters. The standard InChI is InChI=1S/C47H57N11O12/c48-13-5-9-25-23-11-12-27-28(19-51-30(27)16-23)40-39(58-42(63)31(17-36(50)61)53-41(62)29(49)15-24-18-52-37-26(24)8-4-10-35(37)70-40)46(67)56-34(21-60)44(65)57-38(25)45(66)55-33(20-59)43(64)54-32(47(68)69)14-22-6-2-1-3-7-22/h1-4,6-8,10-12,16,18-19,23,25,29,31-35,37-40,52,59-60H,5,9,13-15,17,20-21,48-49H2,(H2,50,61)(H,53,62)(H,54,64)(H,55,66)(H,56,67)(H,57,65)(H,58,63)(H,68,69)/t23-,25+,29+,31+,32+,33+,34+,35-,37?,38+,39+,40-/m1/s1. The first-order valence-electron chi connectivity index (χ1n) is 22.8. The smallest absolute Gasteiger partial charge is 0.326 e. The minimum absolute atomic E-state index is 0.0440. The van der Waals surface area contributed by atoms with Crippen LogP contribution in [0, 0.1) is 11.8 Å². The Hall–Kier alpha value is -7.31. The van der Waals surface area contributed by atoms with Crippen molar-refractivity contribution in [3.8, 4) is 0 Å². The third-order valence-electron chi connectivity index (χ3n) is 12.9. The zero-order valence-electron chi connectivity index (χ0n) is 37.8. The van der Waals surface area contributed by atoms with Gasteiger partial charge in [-0.05, 0) is 48.4 Å². The van der Waals surface area contributed by atoms with E-state index in [0.717, 1.165) is 5.57 Å². The van der Waals surface area contributed by atoms with Gasteiger partial charge in [0.15, 0.2) is 0 Å². The summed E-state index contributed by atoms with van der Waals surface area (Å²) in [6, 6.07) is -3.26. The number of amides is 7. The van der Waals surface area contributed by atoms with Gasteiger partial charge in [-0.25, -0.2) is 4.79 Å². The summed E-state index contributed by atoms with van der Waals surface area (Å²) in [5.41, 5.74) is 20.9. The molecule has 70 heavy (non-hydrogen) atoms. The van der Waals surface area contributed by atoms with E-state index in [-0.39, 0.29) is 25.8 Å². The number of aliphatic carboxylic acids is 1. The van der Waals surface area contributed by atoms with Crippen LogP contribution in [0.4, 0.5) is 0 Å². The van der Waals surface area contributed by atoms with E-state index >= 15 is 0 Å². The third kappa shape index (κ3) is 11.4. The zero-order valence-corrected chi connectivity index (χ0v) is 37.8. The zero-order chi connectivity index (χ0) is 50.2. The lowest BCUT2D eigenvalue weighted by atomic mass is 9.78. The minimum Gasteiger partial charge on any atom is -0.480 e. The number of hydrogen-bond donors (Lipinski definition) is 13. The highest BCUT2D eigenvalue weighted by atomic mass is 16.5. The van der Waals surface area contributed by atoms with Gasteiger partial charge in [-0.2, -0.15) is 0 Å². The van der Waals surface area contributed by atoms with Crippen molar-refractivity contribution in [3.63, 3.8) is 0 Å². The number of carbonyl (C=O) groups is 8. The predicted molar refractivity (Wildman–Crippen MR) is 249 cm³/mol. The lowest BCUT2D eigenvalue weighted by Crippen LogP contribution is -2.64. The first-order valence-corrected chi connectivity index (χ1v) is 22.8. The first-order chi connectivity index (χ1) is 33.6. The number of primary amides is 1. The van der Waals surface area contributed by atoms with Crippen LogP contribution in [-0.2, 0) is 49.5 Å². The summed E-state index contributed by atoms with van der Waals surface area (Å²) in [7, 11) is 0. The summed E-state index contributed by atoms with van der Waals surface area (Å²) < 4.78 is 6.84. The Morgan fingerprint density at radius 2 is 1.64 bits per heavy atom. The van der Waals surface area contributed by atoms with Crippen LogP contribution in [0.5, 0.6) is 0 Å². The van der Waals surface area contributed by atoms with Crippen LogP contribution in [0.2, 0.25) is 0 Å². The van der Waals surface area contributed by atoms with Crippen molar-refractivity contribution in [2.75, 3.05) is 19.8 Å². The molecule has 372 valence electrons. The number of rotatable bonds is 14. The highest BCUT2D eigenvalue weighted by Gasteiger charge is 2.45. The number of aliphatic hydroxyl groups excluding tert-OH is 2. The average molecular weight is 968 g/mol. The highest BCUT2D eigenvalue weighted by molar-refractivity contribution is 6.00. The molecule has 5 heterocycles. The largest absolute Gasteiger partial charge is 0.480 e. The summed E-state index contributed by atoms with van der Waals surface area (Å²) >= 11 is 0. The van der Waals surface area contributed by atoms with E-state index in [0.29, 0.717) is 34.4 Å². The van der Waals surface area contributed by atoms with Crippen molar-refractivity contribution in [1.29, 1.82) is 0 Å². The van der Waals surface area contributed by atoms with E-state index in [1.807, 2.05) is 6.08 Å². The third-order valence-corrected chi connectivity index (χ3v) is 12.9. The molecule has 1 saturated heterocycles. The Morgan fingerprint density at radius 3 is 2.34 bits per heavy atom. The maximum atomic E-state index is 14.9. The number of ether oxygens (including phenoxy) is 1. The molecular formula is C47H57N11O12. The van der Waals surface area contributed by atoms with Crippen LogP contribution < -0.4 is 54.4 Å². The average Bonchev–Trinajstić information content (AvgIpc) is 3.96. The topological polar surface area (TPSA) is 381 Å². The molecular weight excluding hydrogens is 911 g/mol. The number of nitrogens with zero attached hydrogens (tertiary/aromatic N) is 1. The van der Waals surface area contributed by atoms with Gasteiger partial charge in [0.1, 0.15) is 48.5 Å². The number of nitrogens with one attached hydrogen (secondary N) is 7. The molecule has 16 N–H and O–H groups in total. The second-order valence-corrected chi connectivity index (χ2v) is 17.6. The highest BCUT2D eigenvalue weighted by Crippen LogP contribution is 2.38. The Balaban J connectivity index is 1.27. The molecule has 12 atom stereocenters. The van der Waals surface area contributed by atoms with Crippen molar-refractivity contribution in [2.24, 2.45) is 34.0 Å². The molecule has 1 aromatic rings. The van der Waals surface area contributed by atoms with Crippen molar-refractivity contribution in [3.05, 3.63) is 107 Å². The van der Waals surface area contributed by atoms with Crippen molar-refractivity contribution in [1.82, 2.24) is 37.2 Å². The lowest BCUT2D eigenvalue weighted by Gasteiger charge is -2.37. The molecule has 8 rings (SSSR count). The van der Waals surface area contributed by atoms with Crippen LogP contribution in [0.3, 0.4) is 0 Å². The van der Waals surface area contributed by atoms with Crippen LogP contribution in [0.15, 0.2) is 106 Å². The van der Waals surface area contributed by atoms with Crippen molar-refractivity contribution in [2.45, 2.75) is 92.6 Å². The monoisotopic (exact) mass is 967 g/mol. The number of nitrogens with two attached hydrogens (primary N) is 3. The van der Waals surface area contributed by atoms with E-state index in [2.05, 4.69) is 42.2 Å². The van der Waals surface area contributed by atoms with Crippen LogP contribution >= 0.6 is 0 Å². The number of carbonyl (C=O) groups excluding carboxylic acids is 7. The molecule has 5 aliphatic heterocycles. The molecule has 1 aromatic carbocycles. The number of aliphatic imine (C=N–C) groups is 1. The Morgan fingerprint density at radius 1 is 0.900 bits per heavy atom. The predicted octanol–water partition coefficient (Wildman–Crippen LogP) is -4.26. The van der Waals surface area contributed by atoms with Gasteiger partial charge in [-0.3, -0.25) is 38.6 Å². The van der Waals surface area contributed by atoms with E-state index in [9.17, 15) is 53.7 Å². The maximum absolute atomic E-state index is 14.9. The first kappa shape index (κ1) is 50.6. The fourth-order valence-electron chi connectivity index (χ4n) is 9.25. The molecule has 23 heteroatoms. The van der Waals surface area contributed by atoms with E-state index < -0.39 is 139 Å². The number of benzene rings is 1. The van der Waals surface area contributed by atoms with Gasteiger partial charge in [0.2, 0.25) is 41.4 Å². The molecule has 0 aromatic heterocycles. The minimum atomic E-state index is -1.82. The second kappa shape index (κ2) is 22.4. The summed E-state index contributed by atoms with van der Waals surface area (Å²) in [6.45, 7) is -1.86. The molecule has 0 saturated carbocycles. The SMILES string of the molecule is NCCC[C@H]1[C@@H]2C=CC3=C(C=NC3=C2)[C@H]2O[C@@H]3C=CC=C4C(=CNC43)C[C@H](N)C(=O)N[C@@H](CC(N)=O)C(=O)N[C@@H]2C(=O)N[C@@H](CO)C(=O)N[C@@H]1C(=O)N[C@@H](CO)C(=O)N[C@@H](Cc1ccccc1)C(=O)O. The summed E-state index contributed by atoms with van der Waals surface area (Å²) in [4.78, 5) is 114. The molecule has 7 aliphatic rings. The molecule has 8 bridgehead atoms. The quantitative estimate of drug-likeness (QED) is 0.0840. The Bertz CT molecular complexity index is 2490. The molecule has 7 amide bonds. The maximum Gasteiger partial charge on any atom is 0.326 e. The van der Waals surface area contributed by atoms with E-state index in [1.165, 1.54) is 6.21 Å². The molecule has 1 fully saturated rings. The number of allylic oxidation sites excluding steroid dienone is 5. The number of aliphatic hydroxyl groups is 2. The molecule has 0 radical (unpaired) electrons. The summed E-state index contributed by atoms with van der Waals surface area (Å²) in [6.07, 6.45) is 11.1. The normalized spacial score (nSPS) is 29.2. The number of fused-ring (bicyclic) bond motifs is 6. The van der Waals surface area contributed by atoms with Crippen molar-refractivity contribution < 1.29 is 58.4 Å². The van der Waals surface area contributed by atoms with Gasteiger partial charge in [-0.1, -0.05) is 66.8 Å². The van der Waals surface area contributed by atoms with Gasteiger partial charge in [-0.15, -0.1) is 0 Å². The number of carboxylic acids is 1. The van der Waals surface area contributed by atoms with Crippen LogP contribution in [0.1, 0.15) is 31.2 Å². The number of carboxylic acid groups (broad SMARTS) is 1. The van der Waals surface area contributed by atoms with Crippen LogP contribution in [-0.4, -0.2) is 149 Å². The lowest BCUT2D eigenvalue weighted by molar-refractivity contribution is -0.142. The van der Waals surface area contributed by atoms with Gasteiger partial charge in [0.25, 0.3) is 0 Å². The van der Waals surface area contributed by atoms with E-state index in [1.54, 1.807) is 66.9 Å². The van der Waals surface area contributed by atoms with Gasteiger partial charge in [0, 0.05) is 35.9 Å².